The molecule has 33 heavy (non-hydrogen) atoms. The molecule has 0 saturated heterocycles. The van der Waals surface area contributed by atoms with Gasteiger partial charge in [0.2, 0.25) is 0 Å². The first-order chi connectivity index (χ1) is 15.9. The molecule has 1 N–H and O–H groups in total. The van der Waals surface area contributed by atoms with Gasteiger partial charge in [0.1, 0.15) is 11.0 Å². The minimum Gasteiger partial charge on any atom is -0.452 e. The summed E-state index contributed by atoms with van der Waals surface area (Å²) < 4.78 is 19.6. The summed E-state index contributed by atoms with van der Waals surface area (Å²) in [4.78, 5) is 25.0. The fourth-order valence-electron chi connectivity index (χ4n) is 2.78. The molecule has 3 rings (SSSR count). The molecule has 10 heteroatoms. The normalized spacial score (nSPS) is 10.7. The second-order valence-electron chi connectivity index (χ2n) is 6.61. The molecule has 0 saturated carbocycles. The predicted molar refractivity (Wildman–Crippen MR) is 125 cm³/mol. The van der Waals surface area contributed by atoms with E-state index in [0.717, 1.165) is 11.0 Å². The molecule has 1 aromatic heterocycles. The number of nitrogens with zero attached hydrogens (tertiary/aromatic N) is 3. The van der Waals surface area contributed by atoms with Crippen LogP contribution in [-0.4, -0.2) is 34.0 Å². The number of benzene rings is 2. The minimum absolute atomic E-state index is 0.242. The van der Waals surface area contributed by atoms with E-state index >= 15 is 0 Å². The van der Waals surface area contributed by atoms with Gasteiger partial charge in [0.05, 0.1) is 28.9 Å². The van der Waals surface area contributed by atoms with E-state index in [1.807, 2.05) is 6.07 Å². The molecule has 0 aliphatic heterocycles. The molecule has 168 valence electrons. The van der Waals surface area contributed by atoms with Crippen molar-refractivity contribution in [3.63, 3.8) is 0 Å². The van der Waals surface area contributed by atoms with E-state index in [0.29, 0.717) is 22.6 Å². The van der Waals surface area contributed by atoms with Gasteiger partial charge < -0.3 is 10.1 Å². The molecule has 2 aromatic carbocycles. The van der Waals surface area contributed by atoms with Crippen LogP contribution in [0.1, 0.15) is 11.3 Å². The van der Waals surface area contributed by atoms with Gasteiger partial charge >= 0.3 is 5.97 Å². The van der Waals surface area contributed by atoms with E-state index in [4.69, 9.17) is 21.6 Å². The van der Waals surface area contributed by atoms with Crippen LogP contribution in [0.25, 0.3) is 11.8 Å². The Hall–Kier alpha value is -3.61. The number of carbonyl (C=O) groups is 2. The van der Waals surface area contributed by atoms with Crippen LogP contribution in [0.15, 0.2) is 59.5 Å². The smallest absolute Gasteiger partial charge is 0.331 e. The van der Waals surface area contributed by atoms with E-state index in [-0.39, 0.29) is 16.7 Å². The van der Waals surface area contributed by atoms with Crippen molar-refractivity contribution in [1.29, 1.82) is 5.26 Å². The zero-order valence-electron chi connectivity index (χ0n) is 17.4. The van der Waals surface area contributed by atoms with Crippen molar-refractivity contribution in [3.8, 4) is 11.8 Å². The van der Waals surface area contributed by atoms with Crippen molar-refractivity contribution in [3.05, 3.63) is 76.8 Å². The number of esters is 1. The number of para-hydroxylation sites is 1. The van der Waals surface area contributed by atoms with Crippen molar-refractivity contribution in [2.75, 3.05) is 17.7 Å². The first-order valence-electron chi connectivity index (χ1n) is 9.63. The number of carbonyl (C=O) groups excluding carboxylic acids is 2. The number of rotatable bonds is 8. The van der Waals surface area contributed by atoms with E-state index < -0.39 is 18.5 Å². The largest absolute Gasteiger partial charge is 0.452 e. The zero-order valence-corrected chi connectivity index (χ0v) is 19.0. The Morgan fingerprint density at radius 3 is 2.73 bits per heavy atom. The lowest BCUT2D eigenvalue weighted by Crippen LogP contribution is -2.20. The number of thioether (sulfide) groups is 1. The first kappa shape index (κ1) is 24.0. The summed E-state index contributed by atoms with van der Waals surface area (Å²) in [7, 11) is 0. The number of aromatic nitrogens is 2. The highest BCUT2D eigenvalue weighted by Crippen LogP contribution is 2.27. The number of ether oxygens (including phenoxy) is 1. The number of anilines is 1. The molecule has 1 amide bonds. The van der Waals surface area contributed by atoms with Crippen LogP contribution in [0.4, 0.5) is 10.1 Å². The second-order valence-corrected chi connectivity index (χ2v) is 7.99. The van der Waals surface area contributed by atoms with Crippen LogP contribution in [0, 0.1) is 24.1 Å². The van der Waals surface area contributed by atoms with Crippen LogP contribution in [0.2, 0.25) is 5.15 Å². The third-order valence-corrected chi connectivity index (χ3v) is 5.61. The molecule has 0 aliphatic carbocycles. The van der Waals surface area contributed by atoms with Gasteiger partial charge in [0.25, 0.3) is 5.91 Å². The van der Waals surface area contributed by atoms with Crippen molar-refractivity contribution < 1.29 is 18.7 Å². The zero-order chi connectivity index (χ0) is 23.8. The summed E-state index contributed by atoms with van der Waals surface area (Å²) in [5, 5.41) is 15.9. The standard InChI is InChI=1S/C23H18ClFN4O3S/c1-15-18(23(24)29(28-15)17-8-6-16(25)7-9-17)10-11-22(31)32-14-21(30)27-19-4-2-3-5-20(19)33-13-12-26/h2-11H,13-14H2,1H3,(H,27,30)/b11-10+. The van der Waals surface area contributed by atoms with Gasteiger partial charge in [-0.05, 0) is 49.4 Å². The molecule has 0 fully saturated rings. The monoisotopic (exact) mass is 484 g/mol. The summed E-state index contributed by atoms with van der Waals surface area (Å²) in [6.07, 6.45) is 2.59. The number of amides is 1. The van der Waals surface area contributed by atoms with E-state index in [1.165, 1.54) is 46.8 Å². The van der Waals surface area contributed by atoms with Crippen LogP contribution in [0.5, 0.6) is 0 Å². The lowest BCUT2D eigenvalue weighted by Gasteiger charge is -2.09. The lowest BCUT2D eigenvalue weighted by atomic mass is 10.2. The summed E-state index contributed by atoms with van der Waals surface area (Å²) in [5.74, 6) is -1.38. The molecule has 1 heterocycles. The number of aryl methyl sites for hydroxylation is 1. The maximum Gasteiger partial charge on any atom is 0.331 e. The summed E-state index contributed by atoms with van der Waals surface area (Å²) in [5.41, 5.74) is 2.14. The van der Waals surface area contributed by atoms with Crippen molar-refractivity contribution in [2.45, 2.75) is 11.8 Å². The number of nitriles is 1. The second kappa shape index (κ2) is 11.3. The van der Waals surface area contributed by atoms with Gasteiger partial charge in [-0.1, -0.05) is 23.7 Å². The Morgan fingerprint density at radius 1 is 1.27 bits per heavy atom. The van der Waals surface area contributed by atoms with Gasteiger partial charge in [0.15, 0.2) is 6.61 Å². The van der Waals surface area contributed by atoms with E-state index in [1.54, 1.807) is 31.2 Å². The first-order valence-corrected chi connectivity index (χ1v) is 11.0. The summed E-state index contributed by atoms with van der Waals surface area (Å²) in [6.45, 7) is 1.23. The summed E-state index contributed by atoms with van der Waals surface area (Å²) in [6, 6.07) is 14.7. The molecule has 0 atom stereocenters. The predicted octanol–water partition coefficient (Wildman–Crippen LogP) is 4.78. The molecule has 0 spiro atoms. The highest BCUT2D eigenvalue weighted by Gasteiger charge is 2.14. The maximum atomic E-state index is 13.2. The topological polar surface area (TPSA) is 97.0 Å². The molecular formula is C23H18ClFN4O3S. The highest BCUT2D eigenvalue weighted by molar-refractivity contribution is 7.99. The lowest BCUT2D eigenvalue weighted by molar-refractivity contribution is -0.142. The van der Waals surface area contributed by atoms with Crippen molar-refractivity contribution >= 4 is 47.0 Å². The Labute approximate surface area is 198 Å². The highest BCUT2D eigenvalue weighted by atomic mass is 35.5. The van der Waals surface area contributed by atoms with Crippen molar-refractivity contribution in [1.82, 2.24) is 9.78 Å². The minimum atomic E-state index is -0.734. The molecule has 3 aromatic rings. The van der Waals surface area contributed by atoms with Crippen LogP contribution >= 0.6 is 23.4 Å². The van der Waals surface area contributed by atoms with Crippen molar-refractivity contribution in [2.24, 2.45) is 0 Å². The molecule has 7 nitrogen and oxygen atoms in total. The molecular weight excluding hydrogens is 467 g/mol. The number of hydrogen-bond acceptors (Lipinski definition) is 6. The average Bonchev–Trinajstić information content (AvgIpc) is 3.09. The number of halogens is 2. The Morgan fingerprint density at radius 2 is 2.00 bits per heavy atom. The fourth-order valence-corrected chi connectivity index (χ4v) is 3.79. The van der Waals surface area contributed by atoms with Gasteiger partial charge in [-0.2, -0.15) is 10.4 Å². The molecule has 0 radical (unpaired) electrons. The van der Waals surface area contributed by atoms with Crippen LogP contribution < -0.4 is 5.32 Å². The van der Waals surface area contributed by atoms with Gasteiger partial charge in [-0.25, -0.2) is 13.9 Å². The SMILES string of the molecule is Cc1nn(-c2ccc(F)cc2)c(Cl)c1/C=C/C(=O)OCC(=O)Nc1ccccc1SCC#N. The van der Waals surface area contributed by atoms with Gasteiger partial charge in [-0.15, -0.1) is 11.8 Å². The van der Waals surface area contributed by atoms with Gasteiger partial charge in [0, 0.05) is 16.5 Å². The fraction of sp³-hybridized carbons (Fsp3) is 0.130. The maximum absolute atomic E-state index is 13.2. The van der Waals surface area contributed by atoms with Crippen LogP contribution in [-0.2, 0) is 14.3 Å². The Kier molecular flexibility index (Phi) is 8.24. The Balaban J connectivity index is 1.59. The third kappa shape index (κ3) is 6.44. The van der Waals surface area contributed by atoms with E-state index in [2.05, 4.69) is 10.4 Å². The van der Waals surface area contributed by atoms with Crippen LogP contribution in [0.3, 0.4) is 0 Å². The third-order valence-electron chi connectivity index (χ3n) is 4.30. The summed E-state index contributed by atoms with van der Waals surface area (Å²) >= 11 is 7.66. The molecule has 0 bridgehead atoms. The number of nitrogens with one attached hydrogen (secondary N) is 1. The molecule has 0 aliphatic rings. The number of hydrogen-bond donors (Lipinski definition) is 1. The Bertz CT molecular complexity index is 1240. The molecule has 0 unspecified atom stereocenters. The van der Waals surface area contributed by atoms with E-state index in [9.17, 15) is 14.0 Å². The average molecular weight is 485 g/mol. The van der Waals surface area contributed by atoms with Gasteiger partial charge in [-0.3, -0.25) is 4.79 Å². The quantitative estimate of drug-likeness (QED) is 0.280.